The number of nitrogens with one attached hydrogen (secondary N) is 1. The minimum absolute atomic E-state index is 0.126. The van der Waals surface area contributed by atoms with E-state index in [4.69, 9.17) is 34.0 Å². The molecule has 1 rings (SSSR count). The summed E-state index contributed by atoms with van der Waals surface area (Å²) in [7, 11) is 0. The van der Waals surface area contributed by atoms with Crippen molar-refractivity contribution in [2.75, 3.05) is 5.32 Å². The second-order valence-corrected chi connectivity index (χ2v) is 3.88. The molecular weight excluding hydrogens is 251 g/mol. The lowest BCUT2D eigenvalue weighted by molar-refractivity contribution is -0.112. The van der Waals surface area contributed by atoms with Gasteiger partial charge in [0.1, 0.15) is 0 Å². The summed E-state index contributed by atoms with van der Waals surface area (Å²) >= 11 is 11.7. The van der Waals surface area contributed by atoms with Gasteiger partial charge in [0.25, 0.3) is 5.91 Å². The number of anilines is 1. The van der Waals surface area contributed by atoms with Crippen molar-refractivity contribution in [3.05, 3.63) is 40.0 Å². The van der Waals surface area contributed by atoms with E-state index < -0.39 is 5.91 Å². The molecule has 0 aliphatic carbocycles. The zero-order chi connectivity index (χ0) is 12.3. The largest absolute Gasteiger partial charge is 0.395 e. The second kappa shape index (κ2) is 5.21. The molecule has 0 saturated heterocycles. The highest BCUT2D eigenvalue weighted by molar-refractivity contribution is 6.36. The van der Waals surface area contributed by atoms with Gasteiger partial charge in [-0.15, -0.1) is 0 Å². The van der Waals surface area contributed by atoms with Crippen LogP contribution in [0.2, 0.25) is 10.0 Å². The van der Waals surface area contributed by atoms with E-state index in [0.717, 1.165) is 0 Å². The molecule has 0 unspecified atom stereocenters. The molecule has 16 heavy (non-hydrogen) atoms. The molecule has 4 nitrogen and oxygen atoms in total. The fourth-order valence-corrected chi connectivity index (χ4v) is 1.46. The Morgan fingerprint density at radius 2 is 2.06 bits per heavy atom. The normalized spacial score (nSPS) is 9.94. The van der Waals surface area contributed by atoms with Gasteiger partial charge in [-0.25, -0.2) is 0 Å². The van der Waals surface area contributed by atoms with Crippen LogP contribution in [0.3, 0.4) is 0 Å². The van der Waals surface area contributed by atoms with E-state index in [1.807, 2.05) is 0 Å². The number of carbonyl (C=O) groups excluding carboxylic acids is 1. The lowest BCUT2D eigenvalue weighted by Crippen LogP contribution is -2.19. The maximum atomic E-state index is 11.2. The van der Waals surface area contributed by atoms with Crippen molar-refractivity contribution >= 4 is 34.8 Å². The third-order valence-electron chi connectivity index (χ3n) is 1.85. The summed E-state index contributed by atoms with van der Waals surface area (Å²) in [4.78, 5) is 11.2. The van der Waals surface area contributed by atoms with Crippen molar-refractivity contribution in [3.8, 4) is 0 Å². The van der Waals surface area contributed by atoms with E-state index in [0.29, 0.717) is 16.3 Å². The highest BCUT2D eigenvalue weighted by Crippen LogP contribution is 2.29. The molecule has 0 radical (unpaired) electrons. The first-order chi connectivity index (χ1) is 7.45. The molecule has 86 valence electrons. The van der Waals surface area contributed by atoms with Crippen LogP contribution in [0, 0.1) is 0 Å². The average molecular weight is 261 g/mol. The Morgan fingerprint density at radius 1 is 1.44 bits per heavy atom. The fourth-order valence-electron chi connectivity index (χ4n) is 1.01. The predicted molar refractivity (Wildman–Crippen MR) is 64.3 cm³/mol. The number of benzene rings is 1. The summed E-state index contributed by atoms with van der Waals surface area (Å²) in [6, 6.07) is 2.91. The Hall–Kier alpha value is -1.23. The minimum Gasteiger partial charge on any atom is -0.395 e. The summed E-state index contributed by atoms with van der Waals surface area (Å²) in [6.07, 6.45) is 0. The number of halogens is 2. The Labute approximate surface area is 103 Å². The van der Waals surface area contributed by atoms with Crippen molar-refractivity contribution in [2.45, 2.75) is 6.61 Å². The van der Waals surface area contributed by atoms with Crippen LogP contribution in [0.5, 0.6) is 0 Å². The third-order valence-corrected chi connectivity index (χ3v) is 2.51. The number of nitrogens with two attached hydrogens (primary N) is 1. The van der Waals surface area contributed by atoms with E-state index in [-0.39, 0.29) is 17.3 Å². The van der Waals surface area contributed by atoms with Gasteiger partial charge in [-0.2, -0.15) is 0 Å². The molecule has 0 saturated carbocycles. The Balaban J connectivity index is 3.02. The molecule has 0 spiro atoms. The van der Waals surface area contributed by atoms with Crippen LogP contribution in [-0.4, -0.2) is 11.0 Å². The van der Waals surface area contributed by atoms with Crippen molar-refractivity contribution in [3.63, 3.8) is 0 Å². The van der Waals surface area contributed by atoms with Crippen molar-refractivity contribution < 1.29 is 9.90 Å². The number of rotatable bonds is 3. The van der Waals surface area contributed by atoms with Gasteiger partial charge >= 0.3 is 0 Å². The van der Waals surface area contributed by atoms with Gasteiger partial charge in [-0.1, -0.05) is 29.8 Å². The van der Waals surface area contributed by atoms with Crippen molar-refractivity contribution in [2.24, 2.45) is 5.73 Å². The topological polar surface area (TPSA) is 75.4 Å². The third kappa shape index (κ3) is 2.88. The molecular formula is C10H10Cl2N2O2. The van der Waals surface area contributed by atoms with Crippen LogP contribution in [0.25, 0.3) is 0 Å². The van der Waals surface area contributed by atoms with E-state index >= 15 is 0 Å². The molecule has 0 aliphatic rings. The average Bonchev–Trinajstić information content (AvgIpc) is 2.22. The first-order valence-corrected chi connectivity index (χ1v) is 5.05. The van der Waals surface area contributed by atoms with Gasteiger partial charge in [0.2, 0.25) is 0 Å². The Bertz CT molecular complexity index is 447. The molecule has 0 fully saturated rings. The first-order valence-electron chi connectivity index (χ1n) is 4.30. The monoisotopic (exact) mass is 260 g/mol. The van der Waals surface area contributed by atoms with Gasteiger partial charge in [0, 0.05) is 5.02 Å². The SMILES string of the molecule is C=C(N)C(=O)Nc1cc(Cl)c(CO)cc1Cl. The fraction of sp³-hybridized carbons (Fsp3) is 0.100. The van der Waals surface area contributed by atoms with E-state index in [2.05, 4.69) is 11.9 Å². The summed E-state index contributed by atoms with van der Waals surface area (Å²) in [5.74, 6) is -0.547. The molecule has 0 atom stereocenters. The Kier molecular flexibility index (Phi) is 4.18. The number of amides is 1. The number of hydrogen-bond acceptors (Lipinski definition) is 3. The Morgan fingerprint density at radius 3 is 2.56 bits per heavy atom. The lowest BCUT2D eigenvalue weighted by Gasteiger charge is -2.09. The number of hydrogen-bond donors (Lipinski definition) is 3. The molecule has 0 aromatic heterocycles. The van der Waals surface area contributed by atoms with Crippen molar-refractivity contribution in [1.82, 2.24) is 0 Å². The first kappa shape index (κ1) is 12.8. The van der Waals surface area contributed by atoms with Gasteiger partial charge < -0.3 is 16.2 Å². The van der Waals surface area contributed by atoms with Crippen molar-refractivity contribution in [1.29, 1.82) is 0 Å². The molecule has 0 bridgehead atoms. The van der Waals surface area contributed by atoms with E-state index in [9.17, 15) is 4.79 Å². The second-order valence-electron chi connectivity index (χ2n) is 3.06. The highest BCUT2D eigenvalue weighted by atomic mass is 35.5. The van der Waals surface area contributed by atoms with Crippen LogP contribution in [-0.2, 0) is 11.4 Å². The predicted octanol–water partition coefficient (Wildman–Crippen LogP) is 1.90. The number of aliphatic hydroxyl groups excluding tert-OH is 1. The summed E-state index contributed by atoms with van der Waals surface area (Å²) < 4.78 is 0. The zero-order valence-corrected chi connectivity index (χ0v) is 9.77. The standard InChI is InChI=1S/C10H10Cl2N2O2/c1-5(13)10(16)14-9-3-7(11)6(4-15)2-8(9)12/h2-3,15H,1,4,13H2,(H,14,16). The smallest absolute Gasteiger partial charge is 0.270 e. The van der Waals surface area contributed by atoms with Gasteiger partial charge in [0.15, 0.2) is 0 Å². The zero-order valence-electron chi connectivity index (χ0n) is 8.26. The van der Waals surface area contributed by atoms with Gasteiger partial charge in [0.05, 0.1) is 23.0 Å². The maximum Gasteiger partial charge on any atom is 0.270 e. The highest BCUT2D eigenvalue weighted by Gasteiger charge is 2.10. The van der Waals surface area contributed by atoms with Crippen LogP contribution < -0.4 is 11.1 Å². The summed E-state index contributed by atoms with van der Waals surface area (Å²) in [6.45, 7) is 3.06. The molecule has 1 aromatic rings. The van der Waals surface area contributed by atoms with Crippen LogP contribution in [0.1, 0.15) is 5.56 Å². The maximum absolute atomic E-state index is 11.2. The quantitative estimate of drug-likeness (QED) is 0.727. The van der Waals surface area contributed by atoms with Gasteiger partial charge in [-0.3, -0.25) is 4.79 Å². The lowest BCUT2D eigenvalue weighted by atomic mass is 10.2. The van der Waals surface area contributed by atoms with E-state index in [1.165, 1.54) is 12.1 Å². The van der Waals surface area contributed by atoms with Crippen LogP contribution in [0.15, 0.2) is 24.4 Å². The summed E-state index contributed by atoms with van der Waals surface area (Å²) in [5, 5.41) is 12.0. The van der Waals surface area contributed by atoms with Crippen LogP contribution >= 0.6 is 23.2 Å². The molecule has 4 N–H and O–H groups in total. The minimum atomic E-state index is -0.547. The number of aliphatic hydroxyl groups is 1. The summed E-state index contributed by atoms with van der Waals surface area (Å²) in [5.41, 5.74) is 5.88. The molecule has 1 amide bonds. The van der Waals surface area contributed by atoms with Crippen LogP contribution in [0.4, 0.5) is 5.69 Å². The van der Waals surface area contributed by atoms with E-state index in [1.54, 1.807) is 0 Å². The number of carbonyl (C=O) groups is 1. The molecule has 0 aliphatic heterocycles. The molecule has 1 aromatic carbocycles. The van der Waals surface area contributed by atoms with Gasteiger partial charge in [-0.05, 0) is 17.7 Å². The molecule has 0 heterocycles. The molecule has 6 heteroatoms.